The molecule has 2 nitrogen and oxygen atoms in total. The third kappa shape index (κ3) is 2.97. The summed E-state index contributed by atoms with van der Waals surface area (Å²) in [5, 5.41) is 4.26. The number of aryl methyl sites for hydroxylation is 1. The highest BCUT2D eigenvalue weighted by molar-refractivity contribution is 6.30. The van der Waals surface area contributed by atoms with E-state index in [1.807, 2.05) is 24.3 Å². The van der Waals surface area contributed by atoms with E-state index in [1.165, 1.54) is 16.7 Å². The van der Waals surface area contributed by atoms with Gasteiger partial charge in [0.15, 0.2) is 0 Å². The average molecular weight is 288 g/mol. The van der Waals surface area contributed by atoms with E-state index in [2.05, 4.69) is 30.4 Å². The van der Waals surface area contributed by atoms with Gasteiger partial charge in [0, 0.05) is 24.5 Å². The van der Waals surface area contributed by atoms with E-state index in [-0.39, 0.29) is 6.10 Å². The van der Waals surface area contributed by atoms with Crippen molar-refractivity contribution in [2.45, 2.75) is 26.0 Å². The zero-order valence-electron chi connectivity index (χ0n) is 11.5. The third-order valence-electron chi connectivity index (χ3n) is 3.71. The molecule has 0 bridgehead atoms. The Hall–Kier alpha value is -1.51. The second-order valence-corrected chi connectivity index (χ2v) is 5.69. The summed E-state index contributed by atoms with van der Waals surface area (Å²) in [5.74, 6) is 1.03. The lowest BCUT2D eigenvalue weighted by atomic mass is 10.1. The maximum atomic E-state index is 5.97. The van der Waals surface area contributed by atoms with Gasteiger partial charge in [-0.25, -0.2) is 0 Å². The minimum absolute atomic E-state index is 0.236. The maximum Gasteiger partial charge on any atom is 0.123 e. The van der Waals surface area contributed by atoms with Gasteiger partial charge in [-0.05, 0) is 41.8 Å². The fraction of sp³-hybridized carbons (Fsp3) is 0.294. The standard InChI is InChI=1S/C17H18ClNO/c1-12-8-15(18)7-6-14(12)10-19-11-16-9-13-4-2-3-5-17(13)20-16/h2-8,16,19H,9-11H2,1H3. The quantitative estimate of drug-likeness (QED) is 0.925. The Morgan fingerprint density at radius 2 is 2.10 bits per heavy atom. The molecule has 1 N–H and O–H groups in total. The zero-order valence-corrected chi connectivity index (χ0v) is 12.3. The SMILES string of the molecule is Cc1cc(Cl)ccc1CNCC1Cc2ccccc2O1. The molecule has 1 aliphatic heterocycles. The van der Waals surface area contributed by atoms with Gasteiger partial charge in [-0.15, -0.1) is 0 Å². The number of ether oxygens (including phenoxy) is 1. The zero-order chi connectivity index (χ0) is 13.9. The number of rotatable bonds is 4. The molecule has 0 aliphatic carbocycles. The molecule has 0 aromatic heterocycles. The van der Waals surface area contributed by atoms with Crippen molar-refractivity contribution < 1.29 is 4.74 Å². The normalized spacial score (nSPS) is 16.8. The lowest BCUT2D eigenvalue weighted by Gasteiger charge is -2.13. The van der Waals surface area contributed by atoms with Gasteiger partial charge in [0.05, 0.1) is 0 Å². The molecule has 0 radical (unpaired) electrons. The summed E-state index contributed by atoms with van der Waals surface area (Å²) in [6.45, 7) is 3.79. The molecule has 1 heterocycles. The first-order chi connectivity index (χ1) is 9.72. The number of hydrogen-bond donors (Lipinski definition) is 1. The van der Waals surface area contributed by atoms with E-state index in [0.29, 0.717) is 0 Å². The summed E-state index contributed by atoms with van der Waals surface area (Å²) >= 11 is 5.97. The highest BCUT2D eigenvalue weighted by atomic mass is 35.5. The van der Waals surface area contributed by atoms with Crippen molar-refractivity contribution >= 4 is 11.6 Å². The number of hydrogen-bond acceptors (Lipinski definition) is 2. The van der Waals surface area contributed by atoms with Crippen molar-refractivity contribution in [1.29, 1.82) is 0 Å². The number of nitrogens with one attached hydrogen (secondary N) is 1. The lowest BCUT2D eigenvalue weighted by molar-refractivity contribution is 0.227. The molecule has 1 aliphatic rings. The molecule has 2 aromatic rings. The fourth-order valence-corrected chi connectivity index (χ4v) is 2.82. The van der Waals surface area contributed by atoms with Crippen LogP contribution >= 0.6 is 11.6 Å². The second-order valence-electron chi connectivity index (χ2n) is 5.25. The van der Waals surface area contributed by atoms with E-state index in [1.54, 1.807) is 0 Å². The van der Waals surface area contributed by atoms with Crippen LogP contribution in [0.25, 0.3) is 0 Å². The summed E-state index contributed by atoms with van der Waals surface area (Å²) in [4.78, 5) is 0. The molecule has 104 valence electrons. The van der Waals surface area contributed by atoms with Gasteiger partial charge in [0.2, 0.25) is 0 Å². The Balaban J connectivity index is 1.52. The molecular formula is C17H18ClNO. The minimum atomic E-state index is 0.236. The summed E-state index contributed by atoms with van der Waals surface area (Å²) in [5.41, 5.74) is 3.81. The molecule has 20 heavy (non-hydrogen) atoms. The van der Waals surface area contributed by atoms with Crippen LogP contribution in [0.15, 0.2) is 42.5 Å². The van der Waals surface area contributed by atoms with Gasteiger partial charge < -0.3 is 10.1 Å². The highest BCUT2D eigenvalue weighted by Crippen LogP contribution is 2.27. The monoisotopic (exact) mass is 287 g/mol. The van der Waals surface area contributed by atoms with Crippen molar-refractivity contribution in [2.24, 2.45) is 0 Å². The number of halogens is 1. The van der Waals surface area contributed by atoms with E-state index < -0.39 is 0 Å². The van der Waals surface area contributed by atoms with Gasteiger partial charge in [-0.2, -0.15) is 0 Å². The summed E-state index contributed by atoms with van der Waals surface area (Å²) in [6, 6.07) is 14.3. The van der Waals surface area contributed by atoms with E-state index in [0.717, 1.165) is 30.3 Å². The molecule has 1 atom stereocenters. The lowest BCUT2D eigenvalue weighted by Crippen LogP contribution is -2.29. The van der Waals surface area contributed by atoms with Crippen molar-refractivity contribution in [2.75, 3.05) is 6.54 Å². The van der Waals surface area contributed by atoms with E-state index in [9.17, 15) is 0 Å². The molecule has 1 unspecified atom stereocenters. The van der Waals surface area contributed by atoms with Gasteiger partial charge in [0.1, 0.15) is 11.9 Å². The summed E-state index contributed by atoms with van der Waals surface area (Å²) in [7, 11) is 0. The van der Waals surface area contributed by atoms with Crippen LogP contribution in [0.2, 0.25) is 5.02 Å². The molecule has 0 amide bonds. The average Bonchev–Trinajstić information content (AvgIpc) is 2.84. The van der Waals surface area contributed by atoms with Gasteiger partial charge in [0.25, 0.3) is 0 Å². The van der Waals surface area contributed by atoms with E-state index >= 15 is 0 Å². The van der Waals surface area contributed by atoms with Crippen LogP contribution in [-0.2, 0) is 13.0 Å². The maximum absolute atomic E-state index is 5.97. The highest BCUT2D eigenvalue weighted by Gasteiger charge is 2.21. The Morgan fingerprint density at radius 1 is 1.25 bits per heavy atom. The van der Waals surface area contributed by atoms with E-state index in [4.69, 9.17) is 16.3 Å². The first-order valence-electron chi connectivity index (χ1n) is 6.92. The smallest absolute Gasteiger partial charge is 0.123 e. The molecule has 3 heteroatoms. The molecule has 0 spiro atoms. The van der Waals surface area contributed by atoms with Crippen molar-refractivity contribution in [3.8, 4) is 5.75 Å². The van der Waals surface area contributed by atoms with Gasteiger partial charge >= 0.3 is 0 Å². The molecular weight excluding hydrogens is 270 g/mol. The summed E-state index contributed by atoms with van der Waals surface area (Å²) in [6.07, 6.45) is 1.22. The van der Waals surface area contributed by atoms with Crippen LogP contribution in [0.4, 0.5) is 0 Å². The first kappa shape index (κ1) is 13.5. The van der Waals surface area contributed by atoms with Gasteiger partial charge in [-0.1, -0.05) is 35.9 Å². The molecule has 0 fully saturated rings. The van der Waals surface area contributed by atoms with Crippen molar-refractivity contribution in [3.63, 3.8) is 0 Å². The molecule has 2 aromatic carbocycles. The first-order valence-corrected chi connectivity index (χ1v) is 7.30. The largest absolute Gasteiger partial charge is 0.488 e. The van der Waals surface area contributed by atoms with Crippen molar-refractivity contribution in [3.05, 3.63) is 64.2 Å². The number of para-hydroxylation sites is 1. The van der Waals surface area contributed by atoms with Crippen LogP contribution in [-0.4, -0.2) is 12.6 Å². The molecule has 0 saturated carbocycles. The summed E-state index contributed by atoms with van der Waals surface area (Å²) < 4.78 is 5.91. The van der Waals surface area contributed by atoms with Gasteiger partial charge in [-0.3, -0.25) is 0 Å². The predicted octanol–water partition coefficient (Wildman–Crippen LogP) is 3.74. The van der Waals surface area contributed by atoms with Crippen LogP contribution in [0.5, 0.6) is 5.75 Å². The van der Waals surface area contributed by atoms with Crippen LogP contribution in [0, 0.1) is 6.92 Å². The molecule has 3 rings (SSSR count). The third-order valence-corrected chi connectivity index (χ3v) is 3.94. The number of fused-ring (bicyclic) bond motifs is 1. The van der Waals surface area contributed by atoms with Crippen molar-refractivity contribution in [1.82, 2.24) is 5.32 Å². The Kier molecular flexibility index (Phi) is 3.95. The topological polar surface area (TPSA) is 21.3 Å². The fourth-order valence-electron chi connectivity index (χ4n) is 2.59. The minimum Gasteiger partial charge on any atom is -0.488 e. The van der Waals surface area contributed by atoms with Crippen LogP contribution < -0.4 is 10.1 Å². The molecule has 0 saturated heterocycles. The Bertz CT molecular complexity index is 587. The predicted molar refractivity (Wildman–Crippen MR) is 82.5 cm³/mol. The Morgan fingerprint density at radius 3 is 2.90 bits per heavy atom. The second kappa shape index (κ2) is 5.86. The van der Waals surface area contributed by atoms with Crippen LogP contribution in [0.1, 0.15) is 16.7 Å². The Labute approximate surface area is 124 Å². The number of benzene rings is 2. The van der Waals surface area contributed by atoms with Crippen LogP contribution in [0.3, 0.4) is 0 Å².